The predicted molar refractivity (Wildman–Crippen MR) is 207 cm³/mol. The minimum absolute atomic E-state index is 0.0300. The number of para-hydroxylation sites is 1. The number of nitrogens with zero attached hydrogens (tertiary/aromatic N) is 4. The fourth-order valence-electron chi connectivity index (χ4n) is 5.92. The van der Waals surface area contributed by atoms with Gasteiger partial charge in [-0.15, -0.1) is 5.10 Å². The largest absolute Gasteiger partial charge is 0.508 e. The van der Waals surface area contributed by atoms with Crippen molar-refractivity contribution in [2.75, 3.05) is 5.01 Å². The number of amides is 2. The first-order valence-electron chi connectivity index (χ1n) is 18.5. The van der Waals surface area contributed by atoms with Crippen molar-refractivity contribution in [2.45, 2.75) is 121 Å². The van der Waals surface area contributed by atoms with E-state index in [1.807, 2.05) is 0 Å². The normalized spacial score (nSPS) is 14.5. The molecule has 0 aromatic heterocycles. The van der Waals surface area contributed by atoms with E-state index in [2.05, 4.69) is 27.6 Å². The minimum atomic E-state index is -4.81. The number of phenols is 1. The van der Waals surface area contributed by atoms with Crippen molar-refractivity contribution >= 4 is 50.7 Å². The van der Waals surface area contributed by atoms with Gasteiger partial charge in [0.15, 0.2) is 5.84 Å². The number of hydrazone groups is 1. The molecule has 0 radical (unpaired) electrons. The first-order valence-corrected chi connectivity index (χ1v) is 20.3. The molecule has 2 amide bonds. The molecular weight excluding hydrogens is 718 g/mol. The van der Waals surface area contributed by atoms with Crippen molar-refractivity contribution in [3.8, 4) is 17.2 Å². The number of halogens is 1. The smallest absolute Gasteiger partial charge is 0.298 e. The van der Waals surface area contributed by atoms with E-state index in [1.54, 1.807) is 30.3 Å². The number of unbranched alkanes of at least 4 members (excludes halogenated alkanes) is 14. The Kier molecular flexibility index (Phi) is 16.7. The SMILES string of the molecule is CCCCCCCCCCCCCCCCCC(=O)NC1=NN(c2ccc(Oc3ccccc3)c(S(=O)(=O)O)c2)C(=O)[C@@H]1N=Nc1ccc(O)cc1Cl. The lowest BCUT2D eigenvalue weighted by Gasteiger charge is -2.15. The van der Waals surface area contributed by atoms with Crippen LogP contribution in [-0.2, 0) is 19.7 Å². The van der Waals surface area contributed by atoms with Gasteiger partial charge in [-0.25, -0.2) is 0 Å². The van der Waals surface area contributed by atoms with Gasteiger partial charge in [-0.2, -0.15) is 23.7 Å². The molecule has 0 saturated carbocycles. The van der Waals surface area contributed by atoms with Gasteiger partial charge < -0.3 is 15.2 Å². The number of anilines is 1. The minimum Gasteiger partial charge on any atom is -0.508 e. The second-order valence-corrected chi connectivity index (χ2v) is 15.0. The first kappa shape index (κ1) is 41.4. The average molecular weight is 768 g/mol. The summed E-state index contributed by atoms with van der Waals surface area (Å²) >= 11 is 6.18. The highest BCUT2D eigenvalue weighted by molar-refractivity contribution is 7.86. The molecule has 1 aliphatic rings. The molecule has 286 valence electrons. The Morgan fingerprint density at radius 2 is 1.47 bits per heavy atom. The third-order valence-electron chi connectivity index (χ3n) is 8.82. The monoisotopic (exact) mass is 767 g/mol. The summed E-state index contributed by atoms with van der Waals surface area (Å²) in [4.78, 5) is 26.1. The summed E-state index contributed by atoms with van der Waals surface area (Å²) in [5.74, 6) is -1.15. The average Bonchev–Trinajstić information content (AvgIpc) is 3.43. The Hall–Kier alpha value is -4.33. The molecule has 0 bridgehead atoms. The highest BCUT2D eigenvalue weighted by Gasteiger charge is 2.39. The van der Waals surface area contributed by atoms with Gasteiger partial charge in [0.2, 0.25) is 11.9 Å². The molecule has 1 aliphatic heterocycles. The van der Waals surface area contributed by atoms with Gasteiger partial charge in [0.1, 0.15) is 27.8 Å². The van der Waals surface area contributed by atoms with Crippen molar-refractivity contribution in [1.29, 1.82) is 0 Å². The van der Waals surface area contributed by atoms with Gasteiger partial charge in [0.25, 0.3) is 16.0 Å². The van der Waals surface area contributed by atoms with E-state index in [0.29, 0.717) is 12.2 Å². The third-order valence-corrected chi connectivity index (χ3v) is 9.99. The van der Waals surface area contributed by atoms with Crippen molar-refractivity contribution in [2.24, 2.45) is 15.3 Å². The van der Waals surface area contributed by atoms with Crippen LogP contribution in [0.15, 0.2) is 87.0 Å². The lowest BCUT2D eigenvalue weighted by molar-refractivity contribution is -0.119. The molecule has 0 aliphatic carbocycles. The molecule has 0 fully saturated rings. The van der Waals surface area contributed by atoms with E-state index in [4.69, 9.17) is 16.3 Å². The zero-order chi connectivity index (χ0) is 38.1. The second-order valence-electron chi connectivity index (χ2n) is 13.2. The van der Waals surface area contributed by atoms with Gasteiger partial charge in [-0.3, -0.25) is 14.1 Å². The van der Waals surface area contributed by atoms with Crippen LogP contribution in [-0.4, -0.2) is 41.8 Å². The number of azo groups is 1. The van der Waals surface area contributed by atoms with Crippen LogP contribution >= 0.6 is 11.6 Å². The summed E-state index contributed by atoms with van der Waals surface area (Å²) in [5.41, 5.74) is 0.132. The van der Waals surface area contributed by atoms with Crippen molar-refractivity contribution in [3.05, 3.63) is 71.8 Å². The predicted octanol–water partition coefficient (Wildman–Crippen LogP) is 10.3. The Labute approximate surface area is 317 Å². The van der Waals surface area contributed by atoms with Gasteiger partial charge in [-0.05, 0) is 48.9 Å². The van der Waals surface area contributed by atoms with E-state index in [0.717, 1.165) is 30.3 Å². The zero-order valence-corrected chi connectivity index (χ0v) is 31.8. The topological polar surface area (TPSA) is 170 Å². The maximum atomic E-state index is 13.7. The highest BCUT2D eigenvalue weighted by Crippen LogP contribution is 2.35. The highest BCUT2D eigenvalue weighted by atomic mass is 35.5. The van der Waals surface area contributed by atoms with Crippen LogP contribution < -0.4 is 15.1 Å². The van der Waals surface area contributed by atoms with E-state index < -0.39 is 27.0 Å². The first-order chi connectivity index (χ1) is 25.6. The number of hydrogen-bond donors (Lipinski definition) is 3. The van der Waals surface area contributed by atoms with Crippen molar-refractivity contribution in [1.82, 2.24) is 5.32 Å². The summed E-state index contributed by atoms with van der Waals surface area (Å²) in [5, 5.41) is 25.8. The number of amidine groups is 1. The van der Waals surface area contributed by atoms with Gasteiger partial charge in [0.05, 0.1) is 10.7 Å². The van der Waals surface area contributed by atoms with E-state index in [9.17, 15) is 27.7 Å². The number of carbonyl (C=O) groups excluding carboxylic acids is 2. The molecular formula is C39H50ClN5O7S. The number of benzene rings is 3. The fourth-order valence-corrected chi connectivity index (χ4v) is 6.76. The number of nitrogens with one attached hydrogen (secondary N) is 1. The second kappa shape index (κ2) is 21.4. The number of aromatic hydroxyl groups is 1. The number of carbonyl (C=O) groups is 2. The van der Waals surface area contributed by atoms with E-state index >= 15 is 0 Å². The fraction of sp³-hybridized carbons (Fsp3) is 0.462. The van der Waals surface area contributed by atoms with E-state index in [-0.39, 0.29) is 46.1 Å². The maximum Gasteiger partial charge on any atom is 0.298 e. The van der Waals surface area contributed by atoms with Gasteiger partial charge >= 0.3 is 0 Å². The third kappa shape index (κ3) is 13.5. The zero-order valence-electron chi connectivity index (χ0n) is 30.3. The number of hydrogen-bond acceptors (Lipinski definition) is 9. The Morgan fingerprint density at radius 3 is 2.06 bits per heavy atom. The molecule has 3 aromatic carbocycles. The summed E-state index contributed by atoms with van der Waals surface area (Å²) < 4.78 is 40.5. The summed E-state index contributed by atoms with van der Waals surface area (Å²) in [6, 6.07) is 14.7. The van der Waals surface area contributed by atoms with E-state index in [1.165, 1.54) is 101 Å². The number of phenolic OH excluding ortho intramolecular Hbond substituents is 1. The molecule has 0 unspecified atom stereocenters. The Bertz CT molecular complexity index is 1820. The van der Waals surface area contributed by atoms with Crippen LogP contribution in [0.4, 0.5) is 11.4 Å². The van der Waals surface area contributed by atoms with Crippen LogP contribution in [0.5, 0.6) is 17.2 Å². The molecule has 4 rings (SSSR count). The van der Waals surface area contributed by atoms with Crippen molar-refractivity contribution < 1.29 is 32.4 Å². The lowest BCUT2D eigenvalue weighted by Crippen LogP contribution is -2.39. The molecule has 1 heterocycles. The quantitative estimate of drug-likeness (QED) is 0.0519. The van der Waals surface area contributed by atoms with Crippen LogP contribution in [0, 0.1) is 0 Å². The lowest BCUT2D eigenvalue weighted by atomic mass is 10.0. The molecule has 3 N–H and O–H groups in total. The van der Waals surface area contributed by atoms with Crippen molar-refractivity contribution in [3.63, 3.8) is 0 Å². The maximum absolute atomic E-state index is 13.7. The summed E-state index contributed by atoms with van der Waals surface area (Å²) in [6.07, 6.45) is 18.3. The molecule has 3 aromatic rings. The molecule has 53 heavy (non-hydrogen) atoms. The summed E-state index contributed by atoms with van der Waals surface area (Å²) in [6.45, 7) is 2.24. The van der Waals surface area contributed by atoms with Crippen LogP contribution in [0.1, 0.15) is 110 Å². The number of ether oxygens (including phenoxy) is 1. The van der Waals surface area contributed by atoms with Crippen LogP contribution in [0.25, 0.3) is 0 Å². The van der Waals surface area contributed by atoms with Gasteiger partial charge in [0, 0.05) is 12.5 Å². The molecule has 0 saturated heterocycles. The van der Waals surface area contributed by atoms with Gasteiger partial charge in [-0.1, -0.05) is 127 Å². The molecule has 14 heteroatoms. The summed E-state index contributed by atoms with van der Waals surface area (Å²) in [7, 11) is -4.81. The van der Waals surface area contributed by atoms with Crippen LogP contribution in [0.2, 0.25) is 5.02 Å². The molecule has 12 nitrogen and oxygen atoms in total. The Morgan fingerprint density at radius 1 is 0.868 bits per heavy atom. The molecule has 1 atom stereocenters. The standard InChI is InChI=1S/C39H50ClN5O7S/c1-2-3-4-5-6-7-8-9-10-11-12-13-14-15-19-22-36(47)41-38-37(43-42-33-25-24-30(46)28-32(33)40)39(48)45(44-38)29-23-26-34(35(27-29)53(49,50)51)52-31-20-17-16-18-21-31/h16-18,20-21,23-28,37,46H,2-15,19,22H2,1H3,(H,41,44,47)(H,49,50,51)/t37-/m1/s1. The number of rotatable bonds is 22. The molecule has 0 spiro atoms. The Balaban J connectivity index is 1.36. The van der Waals surface area contributed by atoms with Crippen LogP contribution in [0.3, 0.4) is 0 Å².